The highest BCUT2D eigenvalue weighted by Gasteiger charge is 2.09. The molecule has 0 aliphatic carbocycles. The van der Waals surface area contributed by atoms with E-state index < -0.39 is 0 Å². The molecule has 1 amide bonds. The predicted octanol–water partition coefficient (Wildman–Crippen LogP) is 4.94. The number of halogens is 1. The second-order valence-electron chi connectivity index (χ2n) is 6.01. The van der Waals surface area contributed by atoms with Crippen molar-refractivity contribution in [3.8, 4) is 0 Å². The van der Waals surface area contributed by atoms with Crippen LogP contribution in [0.25, 0.3) is 10.2 Å². The Hall–Kier alpha value is -1.98. The van der Waals surface area contributed by atoms with Crippen LogP contribution in [0, 0.1) is 13.8 Å². The monoisotopic (exact) mass is 414 g/mol. The van der Waals surface area contributed by atoms with Crippen molar-refractivity contribution in [2.75, 3.05) is 0 Å². The number of fused-ring (bicyclic) bond motifs is 1. The van der Waals surface area contributed by atoms with Crippen molar-refractivity contribution in [3.63, 3.8) is 0 Å². The lowest BCUT2D eigenvalue weighted by Gasteiger charge is -2.04. The second kappa shape index (κ2) is 7.50. The van der Waals surface area contributed by atoms with E-state index in [1.807, 2.05) is 47.9 Å². The molecule has 0 saturated heterocycles. The summed E-state index contributed by atoms with van der Waals surface area (Å²) in [6.07, 6.45) is 2.14. The molecule has 1 aromatic heterocycles. The molecule has 0 aliphatic heterocycles. The maximum absolute atomic E-state index is 12.5. The van der Waals surface area contributed by atoms with Crippen molar-refractivity contribution in [1.29, 1.82) is 0 Å². The molecule has 0 atom stereocenters. The molecule has 3 nitrogen and oxygen atoms in total. The highest BCUT2D eigenvalue weighted by molar-refractivity contribution is 9.10. The third-order valence-electron chi connectivity index (χ3n) is 4.02. The average Bonchev–Trinajstić information content (AvgIpc) is 2.87. The fraction of sp³-hybridized carbons (Fsp3) is 0.200. The number of carbonyl (C=O) groups excluding carboxylic acids is 1. The summed E-state index contributed by atoms with van der Waals surface area (Å²) in [5.74, 6) is -0.129. The van der Waals surface area contributed by atoms with Gasteiger partial charge >= 0.3 is 0 Å². The number of amides is 1. The minimum atomic E-state index is -0.129. The fourth-order valence-corrected chi connectivity index (χ4v) is 4.40. The molecule has 0 fully saturated rings. The summed E-state index contributed by atoms with van der Waals surface area (Å²) in [4.78, 5) is 17.6. The van der Waals surface area contributed by atoms with Crippen molar-refractivity contribution < 1.29 is 4.79 Å². The Labute approximate surface area is 159 Å². The number of hydrogen-bond donors (Lipinski definition) is 0. The molecule has 3 rings (SSSR count). The Bertz CT molecular complexity index is 1030. The van der Waals surface area contributed by atoms with Gasteiger partial charge in [-0.3, -0.25) is 4.79 Å². The Kier molecular flexibility index (Phi) is 5.35. The maximum atomic E-state index is 12.5. The number of hydrogen-bond acceptors (Lipinski definition) is 2. The quantitative estimate of drug-likeness (QED) is 0.556. The van der Waals surface area contributed by atoms with Gasteiger partial charge in [0.15, 0.2) is 4.80 Å². The molecule has 25 heavy (non-hydrogen) atoms. The molecule has 5 heteroatoms. The standard InChI is InChI=1S/C20H19BrN2OS/c1-4-9-23-17-8-7-16(21)12-18(17)25-20(23)22-19(24)11-15-6-5-13(2)10-14(15)3/h4-8,10,12H,1,9,11H2,2-3H3. The highest BCUT2D eigenvalue weighted by atomic mass is 79.9. The second-order valence-corrected chi connectivity index (χ2v) is 7.93. The molecule has 0 spiro atoms. The number of nitrogens with zero attached hydrogens (tertiary/aromatic N) is 2. The van der Waals surface area contributed by atoms with E-state index in [1.54, 1.807) is 0 Å². The number of benzene rings is 2. The molecular formula is C20H19BrN2OS. The van der Waals surface area contributed by atoms with Crippen molar-refractivity contribution in [1.82, 2.24) is 4.57 Å². The van der Waals surface area contributed by atoms with Gasteiger partial charge in [0, 0.05) is 11.0 Å². The maximum Gasteiger partial charge on any atom is 0.252 e. The number of rotatable bonds is 4. The fourth-order valence-electron chi connectivity index (χ4n) is 2.79. The van der Waals surface area contributed by atoms with Crippen LogP contribution in [0.4, 0.5) is 0 Å². The SMILES string of the molecule is C=CCn1c(=NC(=O)Cc2ccc(C)cc2C)sc2cc(Br)ccc21. The summed E-state index contributed by atoms with van der Waals surface area (Å²) in [7, 11) is 0. The molecule has 0 bridgehead atoms. The van der Waals surface area contributed by atoms with Crippen molar-refractivity contribution in [3.05, 3.63) is 75.0 Å². The van der Waals surface area contributed by atoms with Crippen LogP contribution < -0.4 is 4.80 Å². The third-order valence-corrected chi connectivity index (χ3v) is 5.55. The van der Waals surface area contributed by atoms with Crippen molar-refractivity contribution in [2.45, 2.75) is 26.8 Å². The lowest BCUT2D eigenvalue weighted by molar-refractivity contribution is -0.117. The van der Waals surface area contributed by atoms with E-state index in [0.717, 1.165) is 25.8 Å². The zero-order valence-electron chi connectivity index (χ0n) is 14.3. The van der Waals surface area contributed by atoms with E-state index in [4.69, 9.17) is 0 Å². The van der Waals surface area contributed by atoms with E-state index in [-0.39, 0.29) is 5.91 Å². The normalized spacial score (nSPS) is 11.9. The zero-order chi connectivity index (χ0) is 18.0. The van der Waals surface area contributed by atoms with E-state index in [9.17, 15) is 4.79 Å². The molecule has 3 aromatic rings. The summed E-state index contributed by atoms with van der Waals surface area (Å²) in [6, 6.07) is 12.2. The van der Waals surface area contributed by atoms with Crippen molar-refractivity contribution in [2.24, 2.45) is 4.99 Å². The van der Waals surface area contributed by atoms with Gasteiger partial charge in [-0.2, -0.15) is 4.99 Å². The van der Waals surface area contributed by atoms with E-state index in [0.29, 0.717) is 17.8 Å². The van der Waals surface area contributed by atoms with Crippen LogP contribution in [0.2, 0.25) is 0 Å². The number of aryl methyl sites for hydroxylation is 2. The van der Waals surface area contributed by atoms with Gasteiger partial charge in [0.1, 0.15) is 0 Å². The Balaban J connectivity index is 2.00. The lowest BCUT2D eigenvalue weighted by atomic mass is 10.0. The largest absolute Gasteiger partial charge is 0.313 e. The van der Waals surface area contributed by atoms with Crippen LogP contribution >= 0.6 is 27.3 Å². The number of aromatic nitrogens is 1. The Morgan fingerprint density at radius 1 is 1.28 bits per heavy atom. The summed E-state index contributed by atoms with van der Waals surface area (Å²) in [5.41, 5.74) is 4.41. The van der Waals surface area contributed by atoms with E-state index >= 15 is 0 Å². The molecule has 0 saturated carbocycles. The van der Waals surface area contributed by atoms with Gasteiger partial charge in [0.2, 0.25) is 0 Å². The smallest absolute Gasteiger partial charge is 0.252 e. The van der Waals surface area contributed by atoms with Gasteiger partial charge in [-0.1, -0.05) is 57.1 Å². The van der Waals surface area contributed by atoms with Gasteiger partial charge in [-0.05, 0) is 43.2 Å². The predicted molar refractivity (Wildman–Crippen MR) is 108 cm³/mol. The first kappa shape index (κ1) is 17.8. The topological polar surface area (TPSA) is 34.4 Å². The Morgan fingerprint density at radius 2 is 2.08 bits per heavy atom. The summed E-state index contributed by atoms with van der Waals surface area (Å²) < 4.78 is 4.13. The molecule has 128 valence electrons. The number of thiazole rings is 1. The number of carbonyl (C=O) groups is 1. The first-order valence-corrected chi connectivity index (χ1v) is 9.62. The molecule has 1 heterocycles. The van der Waals surface area contributed by atoms with Crippen LogP contribution in [-0.4, -0.2) is 10.5 Å². The molecule has 2 aromatic carbocycles. The minimum absolute atomic E-state index is 0.129. The first-order chi connectivity index (χ1) is 12.0. The zero-order valence-corrected chi connectivity index (χ0v) is 16.7. The Morgan fingerprint density at radius 3 is 2.80 bits per heavy atom. The molecule has 0 radical (unpaired) electrons. The van der Waals surface area contributed by atoms with Gasteiger partial charge in [0.05, 0.1) is 16.6 Å². The lowest BCUT2D eigenvalue weighted by Crippen LogP contribution is -2.17. The summed E-state index contributed by atoms with van der Waals surface area (Å²) >= 11 is 5.02. The van der Waals surface area contributed by atoms with E-state index in [1.165, 1.54) is 16.9 Å². The molecule has 0 aliphatic rings. The summed E-state index contributed by atoms with van der Waals surface area (Å²) in [6.45, 7) is 8.52. The van der Waals surface area contributed by atoms with Crippen molar-refractivity contribution >= 4 is 43.4 Å². The third kappa shape index (κ3) is 3.99. The van der Waals surface area contributed by atoms with Crippen LogP contribution in [-0.2, 0) is 17.8 Å². The van der Waals surface area contributed by atoms with Crippen LogP contribution in [0.1, 0.15) is 16.7 Å². The average molecular weight is 415 g/mol. The summed E-state index contributed by atoms with van der Waals surface area (Å²) in [5, 5.41) is 0. The van der Waals surface area contributed by atoms with Crippen LogP contribution in [0.5, 0.6) is 0 Å². The van der Waals surface area contributed by atoms with Gasteiger partial charge < -0.3 is 4.57 Å². The molecule has 0 N–H and O–H groups in total. The van der Waals surface area contributed by atoms with Gasteiger partial charge in [0.25, 0.3) is 5.91 Å². The number of allylic oxidation sites excluding steroid dienone is 1. The highest BCUT2D eigenvalue weighted by Crippen LogP contribution is 2.22. The first-order valence-electron chi connectivity index (χ1n) is 8.01. The van der Waals surface area contributed by atoms with Gasteiger partial charge in [-0.25, -0.2) is 0 Å². The molecule has 0 unspecified atom stereocenters. The van der Waals surface area contributed by atoms with Gasteiger partial charge in [-0.15, -0.1) is 6.58 Å². The molecular weight excluding hydrogens is 396 g/mol. The van der Waals surface area contributed by atoms with Crippen LogP contribution in [0.15, 0.2) is 58.5 Å². The van der Waals surface area contributed by atoms with E-state index in [2.05, 4.69) is 40.5 Å². The van der Waals surface area contributed by atoms with Crippen LogP contribution in [0.3, 0.4) is 0 Å². The minimum Gasteiger partial charge on any atom is -0.313 e.